The van der Waals surface area contributed by atoms with Gasteiger partial charge in [-0.1, -0.05) is 47.5 Å². The monoisotopic (exact) mass is 381 g/mol. The molecule has 0 fully saturated rings. The van der Waals surface area contributed by atoms with E-state index in [-0.39, 0.29) is 0 Å². The minimum absolute atomic E-state index is 0.503. The number of aliphatic hydroxyl groups excluding tert-OH is 1. The highest BCUT2D eigenvalue weighted by Crippen LogP contribution is 2.31. The van der Waals surface area contributed by atoms with Gasteiger partial charge in [-0.15, -0.1) is 0 Å². The number of benzene rings is 2. The van der Waals surface area contributed by atoms with Crippen LogP contribution in [0.4, 0.5) is 4.79 Å². The number of ether oxygens (including phenoxy) is 1. The Morgan fingerprint density at radius 1 is 1.04 bits per heavy atom. The van der Waals surface area contributed by atoms with Gasteiger partial charge >= 0.3 is 6.09 Å². The number of alkyl carbamates (subject to hydrolysis) is 1. The number of carbonyl (C=O) groups is 1. The highest BCUT2D eigenvalue weighted by atomic mass is 35.5. The molecule has 2 N–H and O–H groups in total. The third-order valence-corrected chi connectivity index (χ3v) is 3.89. The van der Waals surface area contributed by atoms with Crippen LogP contribution in [0, 0.1) is 0 Å². The maximum absolute atomic E-state index is 12.2. The summed E-state index contributed by atoms with van der Waals surface area (Å²) in [6, 6.07) is 13.0. The van der Waals surface area contributed by atoms with Crippen LogP contribution in [0.5, 0.6) is 0 Å². The largest absolute Gasteiger partial charge is 0.444 e. The minimum Gasteiger partial charge on any atom is -0.444 e. The SMILES string of the molecule is CC(C)(C)OC(=O)N[C@@H](c1ccc(Cl)cc1)[C@H](O)c1cccc(Cl)c1. The van der Waals surface area contributed by atoms with Gasteiger partial charge in [0.1, 0.15) is 11.7 Å². The van der Waals surface area contributed by atoms with E-state index in [1.54, 1.807) is 69.3 Å². The zero-order chi connectivity index (χ0) is 18.6. The molecule has 2 rings (SSSR count). The molecular formula is C19H21Cl2NO3. The van der Waals surface area contributed by atoms with Crippen LogP contribution in [-0.2, 0) is 4.74 Å². The van der Waals surface area contributed by atoms with Gasteiger partial charge in [0, 0.05) is 10.0 Å². The molecule has 0 aliphatic heterocycles. The van der Waals surface area contributed by atoms with Crippen molar-refractivity contribution in [3.8, 4) is 0 Å². The maximum Gasteiger partial charge on any atom is 0.408 e. The molecule has 134 valence electrons. The van der Waals surface area contributed by atoms with Crippen molar-refractivity contribution in [2.75, 3.05) is 0 Å². The Hall–Kier alpha value is -1.75. The van der Waals surface area contributed by atoms with Crippen LogP contribution in [-0.4, -0.2) is 16.8 Å². The molecule has 6 heteroatoms. The predicted octanol–water partition coefficient (Wildman–Crippen LogP) is 5.29. The second-order valence-corrected chi connectivity index (χ2v) is 7.55. The van der Waals surface area contributed by atoms with Crippen molar-refractivity contribution in [2.45, 2.75) is 38.5 Å². The molecule has 0 unspecified atom stereocenters. The first-order chi connectivity index (χ1) is 11.7. The topological polar surface area (TPSA) is 58.6 Å². The van der Waals surface area contributed by atoms with Crippen LogP contribution >= 0.6 is 23.2 Å². The second-order valence-electron chi connectivity index (χ2n) is 6.68. The lowest BCUT2D eigenvalue weighted by atomic mass is 9.96. The zero-order valence-corrected chi connectivity index (χ0v) is 15.8. The Kier molecular flexibility index (Phi) is 6.33. The summed E-state index contributed by atoms with van der Waals surface area (Å²) < 4.78 is 5.31. The highest BCUT2D eigenvalue weighted by molar-refractivity contribution is 6.30. The Morgan fingerprint density at radius 2 is 1.68 bits per heavy atom. The third-order valence-electron chi connectivity index (χ3n) is 3.41. The number of rotatable bonds is 4. The molecule has 2 atom stereocenters. The van der Waals surface area contributed by atoms with Gasteiger partial charge in [0.2, 0.25) is 0 Å². The number of amides is 1. The van der Waals surface area contributed by atoms with Gasteiger partial charge in [0.05, 0.1) is 6.04 Å². The van der Waals surface area contributed by atoms with Gasteiger partial charge in [-0.05, 0) is 56.2 Å². The van der Waals surface area contributed by atoms with Crippen molar-refractivity contribution in [3.05, 3.63) is 69.7 Å². The quantitative estimate of drug-likeness (QED) is 0.755. The molecule has 1 amide bonds. The molecule has 0 aliphatic carbocycles. The number of hydrogen-bond donors (Lipinski definition) is 2. The fourth-order valence-electron chi connectivity index (χ4n) is 2.33. The summed E-state index contributed by atoms with van der Waals surface area (Å²) in [7, 11) is 0. The summed E-state index contributed by atoms with van der Waals surface area (Å²) in [5.74, 6) is 0. The fourth-order valence-corrected chi connectivity index (χ4v) is 2.66. The van der Waals surface area contributed by atoms with Crippen LogP contribution < -0.4 is 5.32 Å². The molecule has 2 aromatic rings. The van der Waals surface area contributed by atoms with Gasteiger partial charge < -0.3 is 15.2 Å². The zero-order valence-electron chi connectivity index (χ0n) is 14.3. The molecule has 2 aromatic carbocycles. The molecular weight excluding hydrogens is 361 g/mol. The normalized spacial score (nSPS) is 13.8. The number of aliphatic hydroxyl groups is 1. The molecule has 4 nitrogen and oxygen atoms in total. The van der Waals surface area contributed by atoms with Crippen molar-refractivity contribution in [1.29, 1.82) is 0 Å². The Morgan fingerprint density at radius 3 is 2.24 bits per heavy atom. The highest BCUT2D eigenvalue weighted by Gasteiger charge is 2.27. The van der Waals surface area contributed by atoms with Crippen LogP contribution in [0.1, 0.15) is 44.0 Å². The van der Waals surface area contributed by atoms with Crippen LogP contribution in [0.15, 0.2) is 48.5 Å². The van der Waals surface area contributed by atoms with Gasteiger partial charge in [-0.2, -0.15) is 0 Å². The molecule has 0 heterocycles. The molecule has 0 radical (unpaired) electrons. The summed E-state index contributed by atoms with van der Waals surface area (Å²) in [6.45, 7) is 5.33. The van der Waals surface area contributed by atoms with E-state index in [9.17, 15) is 9.90 Å². The molecule has 0 saturated carbocycles. The first kappa shape index (κ1) is 19.6. The van der Waals surface area contributed by atoms with Gasteiger partial charge in [-0.3, -0.25) is 0 Å². The lowest BCUT2D eigenvalue weighted by Crippen LogP contribution is -2.37. The molecule has 0 aliphatic rings. The summed E-state index contributed by atoms with van der Waals surface area (Å²) >= 11 is 11.9. The van der Waals surface area contributed by atoms with Crippen LogP contribution in [0.2, 0.25) is 10.0 Å². The third kappa shape index (κ3) is 5.92. The summed E-state index contributed by atoms with van der Waals surface area (Å²) in [5, 5.41) is 14.6. The Labute approximate surface area is 157 Å². The van der Waals surface area contributed by atoms with Crippen LogP contribution in [0.25, 0.3) is 0 Å². The van der Waals surface area contributed by atoms with Gasteiger partial charge in [0.15, 0.2) is 0 Å². The van der Waals surface area contributed by atoms with Crippen molar-refractivity contribution in [1.82, 2.24) is 5.32 Å². The second kappa shape index (κ2) is 8.09. The fraction of sp³-hybridized carbons (Fsp3) is 0.316. The van der Waals surface area contributed by atoms with Crippen molar-refractivity contribution in [3.63, 3.8) is 0 Å². The van der Waals surface area contributed by atoms with E-state index >= 15 is 0 Å². The summed E-state index contributed by atoms with van der Waals surface area (Å²) in [4.78, 5) is 12.2. The van der Waals surface area contributed by atoms with Gasteiger partial charge in [-0.25, -0.2) is 4.79 Å². The van der Waals surface area contributed by atoms with Gasteiger partial charge in [0.25, 0.3) is 0 Å². The first-order valence-electron chi connectivity index (χ1n) is 7.84. The number of hydrogen-bond acceptors (Lipinski definition) is 3. The van der Waals surface area contributed by atoms with E-state index in [0.29, 0.717) is 21.2 Å². The molecule has 0 bridgehead atoms. The molecule has 0 spiro atoms. The van der Waals surface area contributed by atoms with Crippen LogP contribution in [0.3, 0.4) is 0 Å². The molecule has 0 aromatic heterocycles. The van der Waals surface area contributed by atoms with E-state index in [0.717, 1.165) is 0 Å². The average Bonchev–Trinajstić information content (AvgIpc) is 2.51. The molecule has 0 saturated heterocycles. The van der Waals surface area contributed by atoms with E-state index < -0.39 is 23.8 Å². The molecule has 25 heavy (non-hydrogen) atoms. The Balaban J connectivity index is 2.31. The van der Waals surface area contributed by atoms with Crippen molar-refractivity contribution in [2.24, 2.45) is 0 Å². The van der Waals surface area contributed by atoms with E-state index in [4.69, 9.17) is 27.9 Å². The minimum atomic E-state index is -1.01. The average molecular weight is 382 g/mol. The maximum atomic E-state index is 12.2. The summed E-state index contributed by atoms with van der Waals surface area (Å²) in [6.07, 6.45) is -1.62. The standard InChI is InChI=1S/C19H21Cl2NO3/c1-19(2,3)25-18(24)22-16(12-7-9-14(20)10-8-12)17(23)13-5-4-6-15(21)11-13/h4-11,16-17,23H,1-3H3,(H,22,24)/t16-,17+/m0/s1. The lowest BCUT2D eigenvalue weighted by molar-refractivity contribution is 0.0419. The Bertz CT molecular complexity index is 726. The number of nitrogens with one attached hydrogen (secondary N) is 1. The van der Waals surface area contributed by atoms with E-state index in [2.05, 4.69) is 5.32 Å². The van der Waals surface area contributed by atoms with Crippen molar-refractivity contribution >= 4 is 29.3 Å². The summed E-state index contributed by atoms with van der Waals surface area (Å²) in [5.41, 5.74) is 0.640. The van der Waals surface area contributed by atoms with E-state index in [1.165, 1.54) is 0 Å². The van der Waals surface area contributed by atoms with Crippen molar-refractivity contribution < 1.29 is 14.6 Å². The predicted molar refractivity (Wildman–Crippen MR) is 100.0 cm³/mol. The lowest BCUT2D eigenvalue weighted by Gasteiger charge is -2.27. The number of halogens is 2. The smallest absolute Gasteiger partial charge is 0.408 e. The first-order valence-corrected chi connectivity index (χ1v) is 8.60. The van der Waals surface area contributed by atoms with E-state index in [1.807, 2.05) is 0 Å². The number of carbonyl (C=O) groups excluding carboxylic acids is 1.